The van der Waals surface area contributed by atoms with Gasteiger partial charge in [-0.1, -0.05) is 60.3 Å². The van der Waals surface area contributed by atoms with Crippen molar-refractivity contribution in [2.24, 2.45) is 0 Å². The number of carbonyl (C=O) groups excluding carboxylic acids is 2. The quantitative estimate of drug-likeness (QED) is 0.290. The summed E-state index contributed by atoms with van der Waals surface area (Å²) in [6.07, 6.45) is 15.5. The lowest BCUT2D eigenvalue weighted by atomic mass is 10.1. The first-order valence-corrected chi connectivity index (χ1v) is 14.2. The number of unbranched alkanes of at least 4 members (excludes halogenated alkanes) is 1. The fourth-order valence-corrected chi connectivity index (χ4v) is 4.66. The molecule has 2 aliphatic rings. The Kier molecular flexibility index (Phi) is 20.7. The lowest BCUT2D eigenvalue weighted by Gasteiger charge is -2.30. The predicted molar refractivity (Wildman–Crippen MR) is 141 cm³/mol. The molecule has 0 aliphatic carbocycles. The summed E-state index contributed by atoms with van der Waals surface area (Å²) in [5.41, 5.74) is 0. The minimum atomic E-state index is 0.371. The van der Waals surface area contributed by atoms with Crippen LogP contribution >= 0.6 is 0 Å². The van der Waals surface area contributed by atoms with Crippen LogP contribution in [0.25, 0.3) is 0 Å². The molecule has 33 heavy (non-hydrogen) atoms. The lowest BCUT2D eigenvalue weighted by molar-refractivity contribution is -0.133. The van der Waals surface area contributed by atoms with Gasteiger partial charge < -0.3 is 14.5 Å². The van der Waals surface area contributed by atoms with Crippen LogP contribution in [0.2, 0.25) is 0 Å². The van der Waals surface area contributed by atoms with Crippen molar-refractivity contribution < 1.29 is 14.3 Å². The smallest absolute Gasteiger partial charge is 0.222 e. The molecule has 2 aliphatic heterocycles. The topological polar surface area (TPSA) is 49.9 Å². The van der Waals surface area contributed by atoms with Crippen molar-refractivity contribution in [3.63, 3.8) is 0 Å². The molecule has 196 valence electrons. The highest BCUT2D eigenvalue weighted by Crippen LogP contribution is 2.19. The van der Waals surface area contributed by atoms with Crippen LogP contribution in [0, 0.1) is 0 Å². The van der Waals surface area contributed by atoms with Gasteiger partial charge in [-0.25, -0.2) is 0 Å². The summed E-state index contributed by atoms with van der Waals surface area (Å²) in [6, 6.07) is 1.02. The van der Waals surface area contributed by atoms with Crippen LogP contribution in [0.15, 0.2) is 0 Å². The summed E-state index contributed by atoms with van der Waals surface area (Å²) >= 11 is 0. The third-order valence-corrected chi connectivity index (χ3v) is 6.63. The van der Waals surface area contributed by atoms with Crippen LogP contribution < -0.4 is 0 Å². The van der Waals surface area contributed by atoms with Gasteiger partial charge in [0.2, 0.25) is 11.8 Å². The molecule has 2 heterocycles. The number of amides is 2. The Balaban J connectivity index is 0.000000492. The van der Waals surface area contributed by atoms with Gasteiger partial charge in [-0.05, 0) is 58.3 Å². The van der Waals surface area contributed by atoms with E-state index in [1.165, 1.54) is 51.4 Å². The van der Waals surface area contributed by atoms with Crippen molar-refractivity contribution in [2.45, 2.75) is 144 Å². The molecule has 0 aromatic rings. The zero-order chi connectivity index (χ0) is 24.9. The van der Waals surface area contributed by atoms with E-state index in [0.29, 0.717) is 23.9 Å². The minimum absolute atomic E-state index is 0.371. The van der Waals surface area contributed by atoms with Crippen molar-refractivity contribution in [1.82, 2.24) is 9.80 Å². The molecule has 0 spiro atoms. The van der Waals surface area contributed by atoms with Crippen LogP contribution in [0.4, 0.5) is 0 Å². The Morgan fingerprint density at radius 3 is 1.64 bits per heavy atom. The summed E-state index contributed by atoms with van der Waals surface area (Å²) in [5.74, 6) is 0.762. The number of nitrogens with zero attached hydrogens (tertiary/aromatic N) is 2. The number of ether oxygens (including phenoxy) is 1. The van der Waals surface area contributed by atoms with Gasteiger partial charge in [-0.15, -0.1) is 0 Å². The highest BCUT2D eigenvalue weighted by atomic mass is 16.5. The van der Waals surface area contributed by atoms with Crippen molar-refractivity contribution >= 4 is 11.8 Å². The second-order valence-electron chi connectivity index (χ2n) is 9.34. The first-order chi connectivity index (χ1) is 16.0. The lowest BCUT2D eigenvalue weighted by Crippen LogP contribution is -2.39. The fraction of sp³-hybridized carbons (Fsp3) is 0.929. The maximum Gasteiger partial charge on any atom is 0.222 e. The van der Waals surface area contributed by atoms with Crippen LogP contribution in [-0.2, 0) is 14.3 Å². The van der Waals surface area contributed by atoms with Gasteiger partial charge in [-0.3, -0.25) is 9.59 Å². The van der Waals surface area contributed by atoms with Crippen molar-refractivity contribution in [2.75, 3.05) is 26.3 Å². The maximum atomic E-state index is 11.8. The Morgan fingerprint density at radius 2 is 1.21 bits per heavy atom. The van der Waals surface area contributed by atoms with Gasteiger partial charge in [0.05, 0.1) is 0 Å². The second-order valence-corrected chi connectivity index (χ2v) is 9.34. The largest absolute Gasteiger partial charge is 0.382 e. The average Bonchev–Trinajstić information content (AvgIpc) is 3.13. The summed E-state index contributed by atoms with van der Waals surface area (Å²) < 4.78 is 5.07. The Hall–Kier alpha value is -1.10. The first kappa shape index (κ1) is 31.9. The molecular weight excluding hydrogens is 412 g/mol. The van der Waals surface area contributed by atoms with Gasteiger partial charge in [0, 0.05) is 51.2 Å². The molecule has 0 aromatic carbocycles. The average molecular weight is 469 g/mol. The minimum Gasteiger partial charge on any atom is -0.382 e. The van der Waals surface area contributed by atoms with Crippen molar-refractivity contribution in [1.29, 1.82) is 0 Å². The molecule has 0 aromatic heterocycles. The van der Waals surface area contributed by atoms with Crippen molar-refractivity contribution in [3.8, 4) is 0 Å². The van der Waals surface area contributed by atoms with Crippen LogP contribution in [0.5, 0.6) is 0 Å². The van der Waals surface area contributed by atoms with Gasteiger partial charge in [0.25, 0.3) is 0 Å². The number of hydrogen-bond donors (Lipinski definition) is 0. The maximum absolute atomic E-state index is 11.8. The second kappa shape index (κ2) is 21.4. The Morgan fingerprint density at radius 1 is 0.697 bits per heavy atom. The number of likely N-dealkylation sites (tertiary alicyclic amines) is 2. The van der Waals surface area contributed by atoms with Gasteiger partial charge >= 0.3 is 0 Å². The number of hydrogen-bond acceptors (Lipinski definition) is 3. The van der Waals surface area contributed by atoms with E-state index in [4.69, 9.17) is 4.74 Å². The Labute approximate surface area is 206 Å². The molecule has 2 unspecified atom stereocenters. The standard InChI is InChI=1S/C12H23NO.C10H19NO.C6H14O/c1-3-8-11(4-2)13-10-7-5-6-9-12(13)14;1-3-6-9(4-2)11-8-5-7-10(11)12;1-3-5-6-7-4-2/h11H,3-10H2,1-2H3;9H,3-8H2,1-2H3;3-6H2,1-2H3. The van der Waals surface area contributed by atoms with E-state index >= 15 is 0 Å². The molecule has 2 amide bonds. The summed E-state index contributed by atoms with van der Waals surface area (Å²) in [7, 11) is 0. The fourth-order valence-electron chi connectivity index (χ4n) is 4.66. The molecule has 2 fully saturated rings. The molecular formula is C28H56N2O3. The van der Waals surface area contributed by atoms with Gasteiger partial charge in [0.15, 0.2) is 0 Å². The molecule has 5 nitrogen and oxygen atoms in total. The summed E-state index contributed by atoms with van der Waals surface area (Å²) in [5, 5.41) is 0. The van der Waals surface area contributed by atoms with Gasteiger partial charge in [-0.2, -0.15) is 0 Å². The molecule has 0 bridgehead atoms. The third-order valence-electron chi connectivity index (χ3n) is 6.63. The molecule has 0 N–H and O–H groups in total. The van der Waals surface area contributed by atoms with Crippen LogP contribution in [-0.4, -0.2) is 60.0 Å². The molecule has 5 heteroatoms. The van der Waals surface area contributed by atoms with E-state index in [0.717, 1.165) is 64.8 Å². The summed E-state index contributed by atoms with van der Waals surface area (Å²) in [6.45, 7) is 16.7. The van der Waals surface area contributed by atoms with E-state index in [1.54, 1.807) is 0 Å². The highest BCUT2D eigenvalue weighted by molar-refractivity contribution is 5.78. The van der Waals surface area contributed by atoms with Crippen molar-refractivity contribution in [3.05, 3.63) is 0 Å². The predicted octanol–water partition coefficient (Wildman–Crippen LogP) is 6.98. The number of rotatable bonds is 12. The van der Waals surface area contributed by atoms with Gasteiger partial charge in [0.1, 0.15) is 0 Å². The zero-order valence-electron chi connectivity index (χ0n) is 23.0. The number of carbonyl (C=O) groups is 2. The third kappa shape index (κ3) is 14.0. The van der Waals surface area contributed by atoms with Crippen LogP contribution in [0.1, 0.15) is 131 Å². The van der Waals surface area contributed by atoms with E-state index in [1.807, 2.05) is 6.92 Å². The first-order valence-electron chi connectivity index (χ1n) is 14.2. The molecule has 2 saturated heterocycles. The van der Waals surface area contributed by atoms with E-state index in [2.05, 4.69) is 44.4 Å². The SMILES string of the molecule is CCCC(CC)N1CCCC1=O.CCCC(CC)N1CCCCCC1=O.CCCCOCC. The monoisotopic (exact) mass is 468 g/mol. The molecule has 0 radical (unpaired) electrons. The Bertz CT molecular complexity index is 480. The molecule has 2 atom stereocenters. The molecule has 0 saturated carbocycles. The van der Waals surface area contributed by atoms with Crippen LogP contribution in [0.3, 0.4) is 0 Å². The van der Waals surface area contributed by atoms with E-state index < -0.39 is 0 Å². The van der Waals surface area contributed by atoms with E-state index in [9.17, 15) is 9.59 Å². The van der Waals surface area contributed by atoms with E-state index in [-0.39, 0.29) is 0 Å². The molecule has 2 rings (SSSR count). The zero-order valence-corrected chi connectivity index (χ0v) is 23.0. The highest BCUT2D eigenvalue weighted by Gasteiger charge is 2.25. The normalized spacial score (nSPS) is 18.1. The summed E-state index contributed by atoms with van der Waals surface area (Å²) in [4.78, 5) is 27.4.